The third-order valence-corrected chi connectivity index (χ3v) is 4.13. The highest BCUT2D eigenvalue weighted by Crippen LogP contribution is 2.30. The smallest absolute Gasteiger partial charge is 0.306 e. The molecule has 2 N–H and O–H groups in total. The van der Waals surface area contributed by atoms with Gasteiger partial charge >= 0.3 is 5.97 Å². The zero-order chi connectivity index (χ0) is 14.9. The molecule has 0 spiro atoms. The quantitative estimate of drug-likeness (QED) is 0.680. The molecule has 0 radical (unpaired) electrons. The van der Waals surface area contributed by atoms with Crippen LogP contribution in [0.15, 0.2) is 0 Å². The van der Waals surface area contributed by atoms with Crippen LogP contribution in [0.4, 0.5) is 0 Å². The van der Waals surface area contributed by atoms with Crippen LogP contribution in [0, 0.1) is 11.8 Å². The zero-order valence-corrected chi connectivity index (χ0v) is 11.3. The van der Waals surface area contributed by atoms with E-state index in [2.05, 4.69) is 5.32 Å². The lowest BCUT2D eigenvalue weighted by Gasteiger charge is -2.36. The Morgan fingerprint density at radius 1 is 1.15 bits per heavy atom. The molecule has 1 atom stereocenters. The van der Waals surface area contributed by atoms with E-state index in [4.69, 9.17) is 5.11 Å². The number of nitrogens with one attached hydrogen (secondary N) is 1. The van der Waals surface area contributed by atoms with Gasteiger partial charge in [0.15, 0.2) is 0 Å². The van der Waals surface area contributed by atoms with Gasteiger partial charge in [0, 0.05) is 5.92 Å². The van der Waals surface area contributed by atoms with Crippen LogP contribution in [-0.2, 0) is 19.2 Å². The number of piperazine rings is 1. The van der Waals surface area contributed by atoms with Crippen molar-refractivity contribution in [3.8, 4) is 0 Å². The highest BCUT2D eigenvalue weighted by atomic mass is 16.4. The summed E-state index contributed by atoms with van der Waals surface area (Å²) in [5.41, 5.74) is 0. The van der Waals surface area contributed by atoms with E-state index in [1.807, 2.05) is 0 Å². The Morgan fingerprint density at radius 3 is 2.25 bits per heavy atom. The number of imide groups is 1. The number of hydrogen-bond acceptors (Lipinski definition) is 4. The zero-order valence-electron chi connectivity index (χ0n) is 11.3. The van der Waals surface area contributed by atoms with Gasteiger partial charge in [0.05, 0.1) is 5.92 Å². The van der Waals surface area contributed by atoms with Crippen LogP contribution >= 0.6 is 0 Å². The van der Waals surface area contributed by atoms with Crippen molar-refractivity contribution in [1.82, 2.24) is 10.2 Å². The Hall–Kier alpha value is -1.92. The molecular weight excluding hydrogens is 264 g/mol. The molecule has 2 aliphatic rings. The molecule has 0 aromatic heterocycles. The van der Waals surface area contributed by atoms with E-state index in [0.717, 1.165) is 0 Å². The first-order valence-corrected chi connectivity index (χ1v) is 6.77. The first kappa shape index (κ1) is 14.5. The van der Waals surface area contributed by atoms with Crippen molar-refractivity contribution in [2.45, 2.75) is 38.6 Å². The van der Waals surface area contributed by atoms with Gasteiger partial charge < -0.3 is 10.0 Å². The molecule has 1 heterocycles. The predicted molar refractivity (Wildman–Crippen MR) is 67.4 cm³/mol. The fourth-order valence-corrected chi connectivity index (χ4v) is 2.81. The Morgan fingerprint density at radius 2 is 1.70 bits per heavy atom. The van der Waals surface area contributed by atoms with E-state index in [9.17, 15) is 19.2 Å². The summed E-state index contributed by atoms with van der Waals surface area (Å²) in [6, 6.07) is -0.655. The normalized spacial score (nSPS) is 30.9. The molecule has 1 aliphatic heterocycles. The van der Waals surface area contributed by atoms with Crippen molar-refractivity contribution < 1.29 is 24.3 Å². The third-order valence-electron chi connectivity index (χ3n) is 4.13. The standard InChI is InChI=1S/C13H18N2O5/c1-7-11(17)14-10(16)6-15(7)12(18)8-2-4-9(5-3-8)13(19)20/h7-9H,2-6H2,1H3,(H,19,20)(H,14,16,17). The van der Waals surface area contributed by atoms with E-state index in [1.54, 1.807) is 6.92 Å². The van der Waals surface area contributed by atoms with Gasteiger partial charge in [0.2, 0.25) is 17.7 Å². The maximum absolute atomic E-state index is 12.4. The van der Waals surface area contributed by atoms with Crippen LogP contribution in [0.3, 0.4) is 0 Å². The lowest BCUT2D eigenvalue weighted by molar-refractivity contribution is -0.153. The van der Waals surface area contributed by atoms with Gasteiger partial charge in [-0.15, -0.1) is 0 Å². The predicted octanol–water partition coefficient (Wildman–Crippen LogP) is -0.249. The summed E-state index contributed by atoms with van der Waals surface area (Å²) in [4.78, 5) is 47.4. The summed E-state index contributed by atoms with van der Waals surface area (Å²) in [6.07, 6.45) is 1.92. The molecule has 1 aliphatic carbocycles. The number of carbonyl (C=O) groups excluding carboxylic acids is 3. The van der Waals surface area contributed by atoms with E-state index >= 15 is 0 Å². The second kappa shape index (κ2) is 5.60. The van der Waals surface area contributed by atoms with Crippen molar-refractivity contribution in [3.05, 3.63) is 0 Å². The molecule has 7 heteroatoms. The summed E-state index contributed by atoms with van der Waals surface area (Å²) >= 11 is 0. The number of amides is 3. The van der Waals surface area contributed by atoms with E-state index in [-0.39, 0.29) is 24.3 Å². The van der Waals surface area contributed by atoms with Crippen LogP contribution in [-0.4, -0.2) is 46.3 Å². The minimum Gasteiger partial charge on any atom is -0.481 e. The number of nitrogens with zero attached hydrogens (tertiary/aromatic N) is 1. The Labute approximate surface area is 116 Å². The van der Waals surface area contributed by atoms with Crippen LogP contribution in [0.2, 0.25) is 0 Å². The number of rotatable bonds is 2. The van der Waals surface area contributed by atoms with Crippen LogP contribution in [0.5, 0.6) is 0 Å². The van der Waals surface area contributed by atoms with Gasteiger partial charge in [-0.3, -0.25) is 24.5 Å². The molecule has 1 unspecified atom stereocenters. The van der Waals surface area contributed by atoms with E-state index < -0.39 is 23.8 Å². The molecule has 7 nitrogen and oxygen atoms in total. The summed E-state index contributed by atoms with van der Waals surface area (Å²) < 4.78 is 0. The van der Waals surface area contributed by atoms with Gasteiger partial charge in [-0.05, 0) is 32.6 Å². The van der Waals surface area contributed by atoms with Crippen molar-refractivity contribution in [1.29, 1.82) is 0 Å². The van der Waals surface area contributed by atoms with Gasteiger partial charge in [0.25, 0.3) is 0 Å². The third kappa shape index (κ3) is 2.81. The molecule has 110 valence electrons. The minimum absolute atomic E-state index is 0.107. The molecular formula is C13H18N2O5. The molecule has 0 bridgehead atoms. The first-order chi connectivity index (χ1) is 9.40. The van der Waals surface area contributed by atoms with Crippen LogP contribution in [0.25, 0.3) is 0 Å². The van der Waals surface area contributed by atoms with Gasteiger partial charge in [-0.25, -0.2) is 0 Å². The SMILES string of the molecule is CC1C(=O)NC(=O)CN1C(=O)C1CCC(C(=O)O)CC1. The highest BCUT2D eigenvalue weighted by molar-refractivity contribution is 6.04. The number of carboxylic acids is 1. The van der Waals surface area contributed by atoms with Crippen molar-refractivity contribution in [2.24, 2.45) is 11.8 Å². The molecule has 2 fully saturated rings. The second-order valence-corrected chi connectivity index (χ2v) is 5.44. The lowest BCUT2D eigenvalue weighted by Crippen LogP contribution is -2.59. The molecule has 0 aromatic carbocycles. The largest absolute Gasteiger partial charge is 0.481 e. The molecule has 1 saturated carbocycles. The van der Waals surface area contributed by atoms with Gasteiger partial charge in [-0.1, -0.05) is 0 Å². The van der Waals surface area contributed by atoms with E-state index in [0.29, 0.717) is 25.7 Å². The summed E-state index contributed by atoms with van der Waals surface area (Å²) in [6.45, 7) is 1.48. The molecule has 0 aromatic rings. The summed E-state index contributed by atoms with van der Waals surface area (Å²) in [5.74, 6) is -2.65. The fourth-order valence-electron chi connectivity index (χ4n) is 2.81. The van der Waals surface area contributed by atoms with Crippen molar-refractivity contribution >= 4 is 23.7 Å². The van der Waals surface area contributed by atoms with Crippen molar-refractivity contribution in [2.75, 3.05) is 6.54 Å². The van der Waals surface area contributed by atoms with Gasteiger partial charge in [-0.2, -0.15) is 0 Å². The highest BCUT2D eigenvalue weighted by Gasteiger charge is 2.38. The Kier molecular flexibility index (Phi) is 4.06. The maximum atomic E-state index is 12.4. The second-order valence-electron chi connectivity index (χ2n) is 5.44. The average Bonchev–Trinajstić information content (AvgIpc) is 2.42. The van der Waals surface area contributed by atoms with Crippen LogP contribution in [0.1, 0.15) is 32.6 Å². The summed E-state index contributed by atoms with van der Waals surface area (Å²) in [5, 5.41) is 11.1. The fraction of sp³-hybridized carbons (Fsp3) is 0.692. The Bertz CT molecular complexity index is 454. The topological polar surface area (TPSA) is 104 Å². The summed E-state index contributed by atoms with van der Waals surface area (Å²) in [7, 11) is 0. The maximum Gasteiger partial charge on any atom is 0.306 e. The van der Waals surface area contributed by atoms with Gasteiger partial charge in [0.1, 0.15) is 12.6 Å². The lowest BCUT2D eigenvalue weighted by atomic mass is 9.81. The van der Waals surface area contributed by atoms with Crippen LogP contribution < -0.4 is 5.32 Å². The minimum atomic E-state index is -0.822. The Balaban J connectivity index is 1.99. The number of hydrogen-bond donors (Lipinski definition) is 2. The average molecular weight is 282 g/mol. The van der Waals surface area contributed by atoms with Crippen molar-refractivity contribution in [3.63, 3.8) is 0 Å². The molecule has 1 saturated heterocycles. The molecule has 3 amide bonds. The number of carboxylic acid groups (broad SMARTS) is 1. The first-order valence-electron chi connectivity index (χ1n) is 6.77. The monoisotopic (exact) mass is 282 g/mol. The number of carbonyl (C=O) groups is 4. The molecule has 2 rings (SSSR count). The number of aliphatic carboxylic acids is 1. The molecule has 20 heavy (non-hydrogen) atoms. The van der Waals surface area contributed by atoms with E-state index in [1.165, 1.54) is 4.90 Å².